The van der Waals surface area contributed by atoms with Crippen molar-refractivity contribution >= 4 is 11.8 Å². The van der Waals surface area contributed by atoms with Crippen molar-refractivity contribution in [1.82, 2.24) is 20.3 Å². The Morgan fingerprint density at radius 1 is 1.30 bits per heavy atom. The van der Waals surface area contributed by atoms with Crippen LogP contribution in [0.15, 0.2) is 40.9 Å². The zero-order chi connectivity index (χ0) is 18.8. The van der Waals surface area contributed by atoms with Gasteiger partial charge < -0.3 is 19.6 Å². The van der Waals surface area contributed by atoms with Gasteiger partial charge >= 0.3 is 0 Å². The van der Waals surface area contributed by atoms with E-state index in [1.165, 1.54) is 0 Å². The standard InChI is InChI=1S/C20H24N4O3/c1-23(12-17-10-18(22-27-17)14-5-3-2-4-6-14)20(26)13-24-11-16-8-7-15(21-16)9-19(24)25/h2-6,10,15-16,21H,7-9,11-13H2,1H3/t15-,16+/m1/s1. The Morgan fingerprint density at radius 2 is 2.07 bits per heavy atom. The molecular weight excluding hydrogens is 344 g/mol. The number of fused-ring (bicyclic) bond motifs is 2. The van der Waals surface area contributed by atoms with Crippen LogP contribution in [0.1, 0.15) is 25.0 Å². The molecule has 2 fully saturated rings. The fraction of sp³-hybridized carbons (Fsp3) is 0.450. The number of nitrogens with zero attached hydrogens (tertiary/aromatic N) is 3. The van der Waals surface area contributed by atoms with Gasteiger partial charge in [0.1, 0.15) is 5.69 Å². The maximum atomic E-state index is 12.6. The van der Waals surface area contributed by atoms with E-state index in [4.69, 9.17) is 4.52 Å². The normalized spacial score (nSPS) is 22.0. The summed E-state index contributed by atoms with van der Waals surface area (Å²) in [4.78, 5) is 28.2. The average Bonchev–Trinajstić information content (AvgIpc) is 3.27. The first kappa shape index (κ1) is 17.7. The van der Waals surface area contributed by atoms with Crippen molar-refractivity contribution in [2.24, 2.45) is 0 Å². The van der Waals surface area contributed by atoms with Crippen LogP contribution in [0.4, 0.5) is 0 Å². The van der Waals surface area contributed by atoms with Crippen LogP contribution in [0.2, 0.25) is 0 Å². The summed E-state index contributed by atoms with van der Waals surface area (Å²) in [6.45, 7) is 1.04. The molecule has 2 aliphatic rings. The molecule has 4 rings (SSSR count). The summed E-state index contributed by atoms with van der Waals surface area (Å²) in [6, 6.07) is 12.2. The minimum Gasteiger partial charge on any atom is -0.359 e. The number of hydrogen-bond acceptors (Lipinski definition) is 5. The van der Waals surface area contributed by atoms with Crippen LogP contribution in [-0.4, -0.2) is 59.0 Å². The van der Waals surface area contributed by atoms with Gasteiger partial charge in [0.15, 0.2) is 5.76 Å². The van der Waals surface area contributed by atoms with Crippen molar-refractivity contribution in [3.05, 3.63) is 42.2 Å². The number of carbonyl (C=O) groups excluding carboxylic acids is 2. The Hall–Kier alpha value is -2.67. The van der Waals surface area contributed by atoms with Crippen LogP contribution in [0.3, 0.4) is 0 Å². The molecule has 7 heteroatoms. The summed E-state index contributed by atoms with van der Waals surface area (Å²) in [5.74, 6) is 0.578. The lowest BCUT2D eigenvalue weighted by atomic mass is 10.1. The lowest BCUT2D eigenvalue weighted by molar-refractivity contribution is -0.140. The Kier molecular flexibility index (Phi) is 4.94. The van der Waals surface area contributed by atoms with E-state index in [-0.39, 0.29) is 24.4 Å². The molecule has 0 aliphatic carbocycles. The number of hydrogen-bond donors (Lipinski definition) is 1. The van der Waals surface area contributed by atoms with Gasteiger partial charge in [0.25, 0.3) is 0 Å². The molecule has 2 amide bonds. The number of benzene rings is 1. The molecule has 1 aromatic heterocycles. The lowest BCUT2D eigenvalue weighted by Crippen LogP contribution is -2.44. The number of amides is 2. The number of likely N-dealkylation sites (N-methyl/N-ethyl adjacent to an activating group) is 1. The summed E-state index contributed by atoms with van der Waals surface area (Å²) >= 11 is 0. The number of rotatable bonds is 5. The molecule has 27 heavy (non-hydrogen) atoms. The summed E-state index contributed by atoms with van der Waals surface area (Å²) in [5, 5.41) is 7.54. The molecule has 0 radical (unpaired) electrons. The predicted octanol–water partition coefficient (Wildman–Crippen LogP) is 1.65. The second kappa shape index (κ2) is 7.52. The van der Waals surface area contributed by atoms with Crippen LogP contribution >= 0.6 is 0 Å². The zero-order valence-electron chi connectivity index (χ0n) is 15.4. The number of carbonyl (C=O) groups is 2. The molecule has 3 heterocycles. The molecule has 2 aromatic rings. The van der Waals surface area contributed by atoms with Crippen LogP contribution in [0.25, 0.3) is 11.3 Å². The highest BCUT2D eigenvalue weighted by atomic mass is 16.5. The van der Waals surface area contributed by atoms with Crippen molar-refractivity contribution in [3.8, 4) is 11.3 Å². The topological polar surface area (TPSA) is 78.7 Å². The van der Waals surface area contributed by atoms with E-state index in [0.29, 0.717) is 31.3 Å². The fourth-order valence-electron chi connectivity index (χ4n) is 3.81. The second-order valence-electron chi connectivity index (χ2n) is 7.41. The molecular formula is C20H24N4O3. The first-order chi connectivity index (χ1) is 13.1. The first-order valence-corrected chi connectivity index (χ1v) is 9.37. The van der Waals surface area contributed by atoms with E-state index in [1.54, 1.807) is 16.8 Å². The maximum Gasteiger partial charge on any atom is 0.242 e. The van der Waals surface area contributed by atoms with E-state index in [0.717, 1.165) is 24.1 Å². The number of nitrogens with one attached hydrogen (secondary N) is 1. The summed E-state index contributed by atoms with van der Waals surface area (Å²) in [7, 11) is 1.72. The molecule has 142 valence electrons. The highest BCUT2D eigenvalue weighted by molar-refractivity contribution is 5.85. The lowest BCUT2D eigenvalue weighted by Gasteiger charge is -2.26. The summed E-state index contributed by atoms with van der Waals surface area (Å²) < 4.78 is 5.38. The van der Waals surface area contributed by atoms with Gasteiger partial charge in [-0.05, 0) is 12.8 Å². The van der Waals surface area contributed by atoms with E-state index in [2.05, 4.69) is 10.5 Å². The summed E-state index contributed by atoms with van der Waals surface area (Å²) in [5.41, 5.74) is 1.72. The summed E-state index contributed by atoms with van der Waals surface area (Å²) in [6.07, 6.45) is 2.60. The highest BCUT2D eigenvalue weighted by Gasteiger charge is 2.34. The third-order valence-corrected chi connectivity index (χ3v) is 5.32. The molecule has 0 saturated carbocycles. The van der Waals surface area contributed by atoms with Crippen LogP contribution in [0, 0.1) is 0 Å². The molecule has 2 saturated heterocycles. The first-order valence-electron chi connectivity index (χ1n) is 9.37. The second-order valence-corrected chi connectivity index (χ2v) is 7.41. The van der Waals surface area contributed by atoms with Gasteiger partial charge in [0, 0.05) is 43.7 Å². The number of aromatic nitrogens is 1. The molecule has 7 nitrogen and oxygen atoms in total. The molecule has 2 bridgehead atoms. The Morgan fingerprint density at radius 3 is 2.89 bits per heavy atom. The van der Waals surface area contributed by atoms with E-state index < -0.39 is 0 Å². The molecule has 0 spiro atoms. The Labute approximate surface area is 158 Å². The largest absolute Gasteiger partial charge is 0.359 e. The van der Waals surface area contributed by atoms with Gasteiger partial charge in [-0.2, -0.15) is 0 Å². The van der Waals surface area contributed by atoms with Crippen LogP contribution < -0.4 is 5.32 Å². The van der Waals surface area contributed by atoms with Crippen molar-refractivity contribution in [2.75, 3.05) is 20.1 Å². The fourth-order valence-corrected chi connectivity index (χ4v) is 3.81. The molecule has 0 unspecified atom stereocenters. The molecule has 2 atom stereocenters. The predicted molar refractivity (Wildman–Crippen MR) is 99.6 cm³/mol. The molecule has 1 N–H and O–H groups in total. The Balaban J connectivity index is 1.35. The van der Waals surface area contributed by atoms with Crippen molar-refractivity contribution in [3.63, 3.8) is 0 Å². The van der Waals surface area contributed by atoms with E-state index >= 15 is 0 Å². The van der Waals surface area contributed by atoms with Crippen LogP contribution in [0.5, 0.6) is 0 Å². The SMILES string of the molecule is CN(Cc1cc(-c2ccccc2)no1)C(=O)CN1C[C@@H]2CC[C@H](CC1=O)N2. The molecule has 2 aliphatic heterocycles. The minimum atomic E-state index is -0.0983. The van der Waals surface area contributed by atoms with Gasteiger partial charge in [-0.25, -0.2) is 0 Å². The van der Waals surface area contributed by atoms with Gasteiger partial charge in [-0.1, -0.05) is 35.5 Å². The zero-order valence-corrected chi connectivity index (χ0v) is 15.4. The minimum absolute atomic E-state index is 0.0579. The van der Waals surface area contributed by atoms with Crippen molar-refractivity contribution in [2.45, 2.75) is 37.9 Å². The molecule has 1 aromatic carbocycles. The Bertz CT molecular complexity index is 820. The van der Waals surface area contributed by atoms with Crippen LogP contribution in [-0.2, 0) is 16.1 Å². The number of likely N-dealkylation sites (tertiary alicyclic amines) is 1. The van der Waals surface area contributed by atoms with E-state index in [1.807, 2.05) is 36.4 Å². The third-order valence-electron chi connectivity index (χ3n) is 5.32. The quantitative estimate of drug-likeness (QED) is 0.868. The monoisotopic (exact) mass is 368 g/mol. The van der Waals surface area contributed by atoms with Gasteiger partial charge in [-0.15, -0.1) is 0 Å². The van der Waals surface area contributed by atoms with Crippen molar-refractivity contribution in [1.29, 1.82) is 0 Å². The highest BCUT2D eigenvalue weighted by Crippen LogP contribution is 2.22. The van der Waals surface area contributed by atoms with Gasteiger partial charge in [0.05, 0.1) is 13.1 Å². The van der Waals surface area contributed by atoms with Gasteiger partial charge in [0.2, 0.25) is 11.8 Å². The van der Waals surface area contributed by atoms with Gasteiger partial charge in [-0.3, -0.25) is 9.59 Å². The third kappa shape index (κ3) is 4.03. The van der Waals surface area contributed by atoms with E-state index in [9.17, 15) is 9.59 Å². The maximum absolute atomic E-state index is 12.6. The smallest absolute Gasteiger partial charge is 0.242 e. The van der Waals surface area contributed by atoms with Crippen molar-refractivity contribution < 1.29 is 14.1 Å². The average molecular weight is 368 g/mol.